The van der Waals surface area contributed by atoms with E-state index >= 15 is 0 Å². The first-order valence-corrected chi connectivity index (χ1v) is 7.84. The predicted molar refractivity (Wildman–Crippen MR) is 75.2 cm³/mol. The first kappa shape index (κ1) is 13.7. The van der Waals surface area contributed by atoms with Crippen molar-refractivity contribution in [3.8, 4) is 0 Å². The van der Waals surface area contributed by atoms with Gasteiger partial charge >= 0.3 is 0 Å². The number of furan rings is 1. The van der Waals surface area contributed by atoms with Gasteiger partial charge in [0.1, 0.15) is 5.76 Å². The molecule has 1 fully saturated rings. The number of hydrogen-bond acceptors (Lipinski definition) is 2. The number of carbonyl (C=O) groups excluding carboxylic acids is 1. The van der Waals surface area contributed by atoms with E-state index < -0.39 is 0 Å². The van der Waals surface area contributed by atoms with Crippen LogP contribution in [-0.2, 0) is 6.42 Å². The lowest BCUT2D eigenvalue weighted by molar-refractivity contribution is 0.0576. The van der Waals surface area contributed by atoms with Gasteiger partial charge in [-0.3, -0.25) is 4.79 Å². The van der Waals surface area contributed by atoms with Crippen molar-refractivity contribution in [3.63, 3.8) is 0 Å². The molecule has 0 radical (unpaired) electrons. The van der Waals surface area contributed by atoms with Crippen LogP contribution in [0.2, 0.25) is 0 Å². The van der Waals surface area contributed by atoms with E-state index in [9.17, 15) is 4.79 Å². The predicted octanol–water partition coefficient (Wildman–Crippen LogP) is 3.62. The highest BCUT2D eigenvalue weighted by atomic mass is 79.9. The van der Waals surface area contributed by atoms with Crippen molar-refractivity contribution in [2.75, 3.05) is 11.9 Å². The molecule has 0 spiro atoms. The van der Waals surface area contributed by atoms with E-state index in [1.807, 2.05) is 17.9 Å². The van der Waals surface area contributed by atoms with Crippen LogP contribution in [0.5, 0.6) is 0 Å². The molecule has 1 saturated heterocycles. The molecule has 100 valence electrons. The van der Waals surface area contributed by atoms with Crippen LogP contribution >= 0.6 is 15.9 Å². The summed E-state index contributed by atoms with van der Waals surface area (Å²) in [6.07, 6.45) is 5.29. The second-order valence-electron chi connectivity index (χ2n) is 4.75. The molecule has 0 aliphatic carbocycles. The Bertz CT molecular complexity index is 400. The third-order valence-corrected chi connectivity index (χ3v) is 4.01. The lowest BCUT2D eigenvalue weighted by Gasteiger charge is -2.35. The molecule has 1 aliphatic heterocycles. The maximum atomic E-state index is 12.4. The Kier molecular flexibility index (Phi) is 4.87. The average molecular weight is 314 g/mol. The molecule has 0 aromatic carbocycles. The molecule has 1 unspecified atom stereocenters. The number of hydrogen-bond donors (Lipinski definition) is 0. The van der Waals surface area contributed by atoms with Crippen molar-refractivity contribution in [3.05, 3.63) is 23.7 Å². The SMILES string of the molecule is CCc1ccc(C(=O)N2CCCCC2CCBr)o1. The molecule has 2 rings (SSSR count). The zero-order chi connectivity index (χ0) is 13.0. The molecule has 0 saturated carbocycles. The number of likely N-dealkylation sites (tertiary alicyclic amines) is 1. The summed E-state index contributed by atoms with van der Waals surface area (Å²) in [7, 11) is 0. The number of aryl methyl sites for hydroxylation is 1. The van der Waals surface area contributed by atoms with Gasteiger partial charge in [0, 0.05) is 24.3 Å². The lowest BCUT2D eigenvalue weighted by atomic mass is 10.00. The molecular weight excluding hydrogens is 294 g/mol. The quantitative estimate of drug-likeness (QED) is 0.795. The van der Waals surface area contributed by atoms with Crippen LogP contribution in [0.1, 0.15) is 48.9 Å². The smallest absolute Gasteiger partial charge is 0.289 e. The number of amides is 1. The van der Waals surface area contributed by atoms with Crippen LogP contribution in [0.15, 0.2) is 16.5 Å². The van der Waals surface area contributed by atoms with Gasteiger partial charge in [-0.15, -0.1) is 0 Å². The Morgan fingerprint density at radius 2 is 2.33 bits per heavy atom. The first-order valence-electron chi connectivity index (χ1n) is 6.72. The minimum Gasteiger partial charge on any atom is -0.456 e. The Morgan fingerprint density at radius 3 is 3.00 bits per heavy atom. The maximum absolute atomic E-state index is 12.4. The van der Waals surface area contributed by atoms with Crippen LogP contribution in [0, 0.1) is 0 Å². The minimum absolute atomic E-state index is 0.0559. The molecular formula is C14H20BrNO2. The van der Waals surface area contributed by atoms with Gasteiger partial charge in [-0.2, -0.15) is 0 Å². The fraction of sp³-hybridized carbons (Fsp3) is 0.643. The molecule has 1 amide bonds. The third-order valence-electron chi connectivity index (χ3n) is 3.55. The number of alkyl halides is 1. The molecule has 3 nitrogen and oxygen atoms in total. The second-order valence-corrected chi connectivity index (χ2v) is 5.54. The van der Waals surface area contributed by atoms with Gasteiger partial charge in [0.15, 0.2) is 5.76 Å². The van der Waals surface area contributed by atoms with E-state index in [2.05, 4.69) is 15.9 Å². The largest absolute Gasteiger partial charge is 0.456 e. The van der Waals surface area contributed by atoms with E-state index in [1.54, 1.807) is 6.07 Å². The van der Waals surface area contributed by atoms with Gasteiger partial charge in [0.05, 0.1) is 0 Å². The third kappa shape index (κ3) is 2.97. The molecule has 18 heavy (non-hydrogen) atoms. The summed E-state index contributed by atoms with van der Waals surface area (Å²) >= 11 is 3.47. The summed E-state index contributed by atoms with van der Waals surface area (Å²) < 4.78 is 5.57. The standard InChI is InChI=1S/C14H20BrNO2/c1-2-12-6-7-13(18-12)14(17)16-10-4-3-5-11(16)8-9-15/h6-7,11H,2-5,8-10H2,1H3. The average Bonchev–Trinajstić information content (AvgIpc) is 2.88. The normalized spacial score (nSPS) is 20.1. The minimum atomic E-state index is 0.0559. The van der Waals surface area contributed by atoms with E-state index in [4.69, 9.17) is 4.42 Å². The number of nitrogens with zero attached hydrogens (tertiary/aromatic N) is 1. The van der Waals surface area contributed by atoms with Gasteiger partial charge in [0.25, 0.3) is 5.91 Å². The van der Waals surface area contributed by atoms with Gasteiger partial charge in [-0.25, -0.2) is 0 Å². The van der Waals surface area contributed by atoms with Gasteiger partial charge in [-0.1, -0.05) is 22.9 Å². The Morgan fingerprint density at radius 1 is 1.50 bits per heavy atom. The topological polar surface area (TPSA) is 33.5 Å². The summed E-state index contributed by atoms with van der Waals surface area (Å²) in [4.78, 5) is 14.4. The summed E-state index contributed by atoms with van der Waals surface area (Å²) in [5.41, 5.74) is 0. The van der Waals surface area contributed by atoms with E-state index in [1.165, 1.54) is 6.42 Å². The lowest BCUT2D eigenvalue weighted by Crippen LogP contribution is -2.43. The first-order chi connectivity index (χ1) is 8.76. The maximum Gasteiger partial charge on any atom is 0.289 e. The van der Waals surface area contributed by atoms with Crippen LogP contribution in [0.3, 0.4) is 0 Å². The van der Waals surface area contributed by atoms with Gasteiger partial charge in [-0.05, 0) is 37.8 Å². The summed E-state index contributed by atoms with van der Waals surface area (Å²) in [5.74, 6) is 1.43. The zero-order valence-electron chi connectivity index (χ0n) is 10.8. The number of halogens is 1. The van der Waals surface area contributed by atoms with Crippen LogP contribution < -0.4 is 0 Å². The number of rotatable bonds is 4. The Hall–Kier alpha value is -0.770. The zero-order valence-corrected chi connectivity index (χ0v) is 12.4. The van der Waals surface area contributed by atoms with E-state index in [0.717, 1.165) is 43.3 Å². The number of carbonyl (C=O) groups is 1. The van der Waals surface area contributed by atoms with Crippen molar-refractivity contribution in [2.45, 2.75) is 45.1 Å². The van der Waals surface area contributed by atoms with Gasteiger partial charge < -0.3 is 9.32 Å². The highest BCUT2D eigenvalue weighted by Crippen LogP contribution is 2.23. The molecule has 1 aromatic heterocycles. The fourth-order valence-electron chi connectivity index (χ4n) is 2.52. The molecule has 1 atom stereocenters. The van der Waals surface area contributed by atoms with Crippen molar-refractivity contribution in [2.24, 2.45) is 0 Å². The fourth-order valence-corrected chi connectivity index (χ4v) is 3.05. The van der Waals surface area contributed by atoms with Crippen LogP contribution in [0.4, 0.5) is 0 Å². The van der Waals surface area contributed by atoms with Crippen molar-refractivity contribution >= 4 is 21.8 Å². The van der Waals surface area contributed by atoms with Crippen LogP contribution in [0.25, 0.3) is 0 Å². The summed E-state index contributed by atoms with van der Waals surface area (Å²) in [6.45, 7) is 2.89. The van der Waals surface area contributed by atoms with Crippen molar-refractivity contribution in [1.29, 1.82) is 0 Å². The van der Waals surface area contributed by atoms with Gasteiger partial charge in [0.2, 0.25) is 0 Å². The summed E-state index contributed by atoms with van der Waals surface area (Å²) in [5, 5.41) is 0.944. The molecule has 0 N–H and O–H groups in total. The molecule has 4 heteroatoms. The molecule has 1 aliphatic rings. The molecule has 0 bridgehead atoms. The monoisotopic (exact) mass is 313 g/mol. The highest BCUT2D eigenvalue weighted by molar-refractivity contribution is 9.09. The van der Waals surface area contributed by atoms with E-state index in [0.29, 0.717) is 11.8 Å². The Balaban J connectivity index is 2.10. The molecule has 2 heterocycles. The Labute approximate surface area is 117 Å². The summed E-state index contributed by atoms with van der Waals surface area (Å²) in [6, 6.07) is 4.07. The van der Waals surface area contributed by atoms with E-state index in [-0.39, 0.29) is 5.91 Å². The molecule has 1 aromatic rings. The highest BCUT2D eigenvalue weighted by Gasteiger charge is 2.28. The van der Waals surface area contributed by atoms with Crippen molar-refractivity contribution < 1.29 is 9.21 Å². The van der Waals surface area contributed by atoms with Crippen molar-refractivity contribution in [1.82, 2.24) is 4.90 Å². The van der Waals surface area contributed by atoms with Crippen LogP contribution in [-0.4, -0.2) is 28.7 Å². The second kappa shape index (κ2) is 6.41. The number of piperidine rings is 1.